The summed E-state index contributed by atoms with van der Waals surface area (Å²) in [4.78, 5) is 23.1. The van der Waals surface area contributed by atoms with E-state index >= 15 is 0 Å². The number of hydrogen-bond donors (Lipinski definition) is 2. The predicted molar refractivity (Wildman–Crippen MR) is 58.7 cm³/mol. The van der Waals surface area contributed by atoms with Crippen molar-refractivity contribution in [1.29, 1.82) is 0 Å². The molecule has 0 heterocycles. The Kier molecular flexibility index (Phi) is 2.99. The summed E-state index contributed by atoms with van der Waals surface area (Å²) in [6, 6.07) is 0. The molecule has 0 aromatic heterocycles. The molecule has 0 radical (unpaired) electrons. The highest BCUT2D eigenvalue weighted by atomic mass is 16.4. The Bertz CT molecular complexity index is 337. The fourth-order valence-electron chi connectivity index (χ4n) is 2.98. The number of fused-ring (bicyclic) bond motifs is 2. The number of carbonyl (C=O) groups excluding carboxylic acids is 1. The Morgan fingerprint density at radius 3 is 2.25 bits per heavy atom. The molecule has 0 aromatic rings. The van der Waals surface area contributed by atoms with Crippen molar-refractivity contribution in [3.63, 3.8) is 0 Å². The summed E-state index contributed by atoms with van der Waals surface area (Å²) in [5, 5.41) is 12.0. The maximum atomic E-state index is 11.9. The minimum atomic E-state index is -0.838. The molecule has 2 bridgehead atoms. The zero-order valence-electron chi connectivity index (χ0n) is 9.35. The standard InChI is InChI=1S/C12H17NO3/c1-2-13-11(14)9-7-3-5-8(6-4-7)10(9)12(15)16/h3,5,7-10H,2,4,6H2,1H3,(H,13,14)(H,15,16). The van der Waals surface area contributed by atoms with E-state index in [1.807, 2.05) is 19.1 Å². The number of carbonyl (C=O) groups is 2. The Balaban J connectivity index is 2.24. The van der Waals surface area contributed by atoms with Crippen molar-refractivity contribution in [2.75, 3.05) is 6.54 Å². The van der Waals surface area contributed by atoms with Crippen LogP contribution in [0.1, 0.15) is 19.8 Å². The van der Waals surface area contributed by atoms with E-state index in [-0.39, 0.29) is 23.7 Å². The lowest BCUT2D eigenvalue weighted by atomic mass is 9.62. The van der Waals surface area contributed by atoms with Gasteiger partial charge in [0.2, 0.25) is 5.91 Å². The number of carboxylic acids is 1. The molecule has 88 valence electrons. The zero-order chi connectivity index (χ0) is 11.7. The molecule has 3 rings (SSSR count). The molecule has 0 aromatic carbocycles. The molecule has 4 nitrogen and oxygen atoms in total. The molecule has 1 saturated carbocycles. The lowest BCUT2D eigenvalue weighted by Gasteiger charge is -2.41. The number of amides is 1. The molecule has 2 N–H and O–H groups in total. The van der Waals surface area contributed by atoms with E-state index in [4.69, 9.17) is 0 Å². The van der Waals surface area contributed by atoms with Gasteiger partial charge in [-0.3, -0.25) is 9.59 Å². The fourth-order valence-corrected chi connectivity index (χ4v) is 2.98. The van der Waals surface area contributed by atoms with Gasteiger partial charge in [-0.2, -0.15) is 0 Å². The molecule has 3 aliphatic rings. The van der Waals surface area contributed by atoms with Crippen molar-refractivity contribution >= 4 is 11.9 Å². The number of allylic oxidation sites excluding steroid dienone is 2. The van der Waals surface area contributed by atoms with Crippen LogP contribution in [-0.4, -0.2) is 23.5 Å². The summed E-state index contributed by atoms with van der Waals surface area (Å²) in [5.41, 5.74) is 0. The second-order valence-corrected chi connectivity index (χ2v) is 4.57. The second kappa shape index (κ2) is 4.28. The molecule has 16 heavy (non-hydrogen) atoms. The van der Waals surface area contributed by atoms with Crippen LogP contribution in [0.25, 0.3) is 0 Å². The molecule has 4 atom stereocenters. The van der Waals surface area contributed by atoms with Gasteiger partial charge in [-0.05, 0) is 31.6 Å². The van der Waals surface area contributed by atoms with Gasteiger partial charge in [0.25, 0.3) is 0 Å². The van der Waals surface area contributed by atoms with E-state index in [2.05, 4.69) is 5.32 Å². The summed E-state index contributed by atoms with van der Waals surface area (Å²) in [6.45, 7) is 2.41. The minimum Gasteiger partial charge on any atom is -0.481 e. The summed E-state index contributed by atoms with van der Waals surface area (Å²) < 4.78 is 0. The minimum absolute atomic E-state index is 0.0371. The third kappa shape index (κ3) is 1.72. The van der Waals surface area contributed by atoms with Crippen LogP contribution in [0.15, 0.2) is 12.2 Å². The van der Waals surface area contributed by atoms with E-state index in [1.165, 1.54) is 0 Å². The van der Waals surface area contributed by atoms with Crippen molar-refractivity contribution in [1.82, 2.24) is 5.32 Å². The highest BCUT2D eigenvalue weighted by molar-refractivity contribution is 5.86. The van der Waals surface area contributed by atoms with Crippen LogP contribution in [0.5, 0.6) is 0 Å². The molecular weight excluding hydrogens is 206 g/mol. The van der Waals surface area contributed by atoms with Crippen molar-refractivity contribution in [3.8, 4) is 0 Å². The third-order valence-corrected chi connectivity index (χ3v) is 3.69. The van der Waals surface area contributed by atoms with Crippen LogP contribution in [0.3, 0.4) is 0 Å². The Morgan fingerprint density at radius 1 is 1.25 bits per heavy atom. The smallest absolute Gasteiger partial charge is 0.307 e. The first-order valence-electron chi connectivity index (χ1n) is 5.84. The monoisotopic (exact) mass is 223 g/mol. The average molecular weight is 223 g/mol. The summed E-state index contributed by atoms with van der Waals surface area (Å²) in [6.07, 6.45) is 5.83. The van der Waals surface area contributed by atoms with Gasteiger partial charge >= 0.3 is 5.97 Å². The van der Waals surface area contributed by atoms with Gasteiger partial charge in [0, 0.05) is 6.54 Å². The summed E-state index contributed by atoms with van der Waals surface area (Å²) in [7, 11) is 0. The number of hydrogen-bond acceptors (Lipinski definition) is 2. The maximum absolute atomic E-state index is 11.9. The van der Waals surface area contributed by atoms with Crippen molar-refractivity contribution in [2.24, 2.45) is 23.7 Å². The Hall–Kier alpha value is -1.32. The maximum Gasteiger partial charge on any atom is 0.307 e. The number of carboxylic acid groups (broad SMARTS) is 1. The number of nitrogens with one attached hydrogen (secondary N) is 1. The highest BCUT2D eigenvalue weighted by Crippen LogP contribution is 2.44. The highest BCUT2D eigenvalue weighted by Gasteiger charge is 2.47. The van der Waals surface area contributed by atoms with E-state index in [9.17, 15) is 14.7 Å². The van der Waals surface area contributed by atoms with Gasteiger partial charge in [-0.1, -0.05) is 12.2 Å². The molecule has 0 aliphatic heterocycles. The van der Waals surface area contributed by atoms with E-state index in [1.54, 1.807) is 0 Å². The first kappa shape index (κ1) is 11.2. The SMILES string of the molecule is CCNC(=O)C1C2C=CC(CC2)C1C(=O)O. The molecule has 1 amide bonds. The van der Waals surface area contributed by atoms with Gasteiger partial charge < -0.3 is 10.4 Å². The molecule has 4 unspecified atom stereocenters. The first-order valence-corrected chi connectivity index (χ1v) is 5.84. The third-order valence-electron chi connectivity index (χ3n) is 3.69. The van der Waals surface area contributed by atoms with Crippen LogP contribution < -0.4 is 5.32 Å². The lowest BCUT2D eigenvalue weighted by Crippen LogP contribution is -2.48. The molecule has 0 spiro atoms. The van der Waals surface area contributed by atoms with Gasteiger partial charge in [-0.25, -0.2) is 0 Å². The molecule has 4 heteroatoms. The molecular formula is C12H17NO3. The van der Waals surface area contributed by atoms with Gasteiger partial charge in [0.05, 0.1) is 11.8 Å². The zero-order valence-corrected chi connectivity index (χ0v) is 9.35. The quantitative estimate of drug-likeness (QED) is 0.702. The van der Waals surface area contributed by atoms with Crippen molar-refractivity contribution in [3.05, 3.63) is 12.2 Å². The normalized spacial score (nSPS) is 36.1. The Labute approximate surface area is 94.7 Å². The lowest BCUT2D eigenvalue weighted by molar-refractivity contribution is -0.152. The van der Waals surface area contributed by atoms with Crippen LogP contribution in [0.2, 0.25) is 0 Å². The summed E-state index contributed by atoms with van der Waals surface area (Å²) in [5.74, 6) is -1.70. The average Bonchev–Trinajstić information content (AvgIpc) is 2.29. The topological polar surface area (TPSA) is 66.4 Å². The van der Waals surface area contributed by atoms with Crippen molar-refractivity contribution < 1.29 is 14.7 Å². The van der Waals surface area contributed by atoms with Crippen molar-refractivity contribution in [2.45, 2.75) is 19.8 Å². The van der Waals surface area contributed by atoms with Gasteiger partial charge in [0.1, 0.15) is 0 Å². The molecule has 1 fully saturated rings. The van der Waals surface area contributed by atoms with E-state index in [0.717, 1.165) is 12.8 Å². The summed E-state index contributed by atoms with van der Waals surface area (Å²) >= 11 is 0. The van der Waals surface area contributed by atoms with E-state index < -0.39 is 11.9 Å². The molecule has 0 saturated heterocycles. The Morgan fingerprint density at radius 2 is 1.81 bits per heavy atom. The first-order chi connectivity index (χ1) is 7.65. The fraction of sp³-hybridized carbons (Fsp3) is 0.667. The van der Waals surface area contributed by atoms with Crippen LogP contribution in [-0.2, 0) is 9.59 Å². The van der Waals surface area contributed by atoms with Gasteiger partial charge in [-0.15, -0.1) is 0 Å². The molecule has 3 aliphatic carbocycles. The number of rotatable bonds is 3. The largest absolute Gasteiger partial charge is 0.481 e. The second-order valence-electron chi connectivity index (χ2n) is 4.57. The van der Waals surface area contributed by atoms with E-state index in [0.29, 0.717) is 6.54 Å². The van der Waals surface area contributed by atoms with Crippen LogP contribution >= 0.6 is 0 Å². The predicted octanol–water partition coefficient (Wildman–Crippen LogP) is 1.04. The number of aliphatic carboxylic acids is 1. The van der Waals surface area contributed by atoms with Crippen LogP contribution in [0, 0.1) is 23.7 Å². The van der Waals surface area contributed by atoms with Crippen LogP contribution in [0.4, 0.5) is 0 Å². The van der Waals surface area contributed by atoms with Gasteiger partial charge in [0.15, 0.2) is 0 Å².